The lowest BCUT2D eigenvalue weighted by molar-refractivity contribution is 0.669. The average Bonchev–Trinajstić information content (AvgIpc) is 3.57. The van der Waals surface area contributed by atoms with Crippen molar-refractivity contribution in [2.75, 3.05) is 0 Å². The van der Waals surface area contributed by atoms with Gasteiger partial charge in [0.15, 0.2) is 0 Å². The summed E-state index contributed by atoms with van der Waals surface area (Å²) in [5, 5.41) is -0.913. The number of rotatable bonds is 3. The Kier molecular flexibility index (Phi) is 2.44. The standard InChI is InChI=1S/C38H24O/c1-2-12-25(13-3-1)36-29-16-4-6-18-31(29)37(32-19-7-5-17-30(32)36)27-15-10-14-26(24-27)28-21-11-23-35-38(28)33-20-8-9-22-34(33)39-35/h1-24H/i1D,2D,3D,4D,5D,6D,7D,10D,12D,13D,14D,15D,16D,17D,18D,19D,24D. The van der Waals surface area contributed by atoms with Crippen LogP contribution in [0.4, 0.5) is 0 Å². The summed E-state index contributed by atoms with van der Waals surface area (Å²) in [6, 6.07) is -1.12. The van der Waals surface area contributed by atoms with Crippen LogP contribution < -0.4 is 0 Å². The average molecular weight is 514 g/mol. The van der Waals surface area contributed by atoms with Gasteiger partial charge < -0.3 is 4.42 Å². The van der Waals surface area contributed by atoms with Crippen LogP contribution in [0.2, 0.25) is 0 Å². The van der Waals surface area contributed by atoms with Crippen LogP contribution in [0, 0.1) is 0 Å². The molecule has 0 aliphatic carbocycles. The lowest BCUT2D eigenvalue weighted by Gasteiger charge is -2.18. The largest absolute Gasteiger partial charge is 0.456 e. The van der Waals surface area contributed by atoms with Gasteiger partial charge in [0.05, 0.1) is 23.3 Å². The van der Waals surface area contributed by atoms with E-state index in [9.17, 15) is 5.48 Å². The molecule has 8 rings (SSSR count). The molecule has 0 bridgehead atoms. The molecule has 7 aromatic carbocycles. The van der Waals surface area contributed by atoms with E-state index in [2.05, 4.69) is 0 Å². The third-order valence-electron chi connectivity index (χ3n) is 6.67. The smallest absolute Gasteiger partial charge is 0.136 e. The first-order valence-electron chi connectivity index (χ1n) is 20.5. The highest BCUT2D eigenvalue weighted by molar-refractivity contribution is 6.21. The van der Waals surface area contributed by atoms with E-state index in [1.807, 2.05) is 0 Å². The molecule has 0 amide bonds. The summed E-state index contributed by atoms with van der Waals surface area (Å²) in [6.45, 7) is 0. The van der Waals surface area contributed by atoms with E-state index in [1.165, 1.54) is 0 Å². The predicted octanol–water partition coefficient (Wildman–Crippen LogP) is 10.9. The van der Waals surface area contributed by atoms with E-state index in [0.29, 0.717) is 21.9 Å². The van der Waals surface area contributed by atoms with Crippen molar-refractivity contribution in [2.45, 2.75) is 0 Å². The normalized spacial score (nSPS) is 17.7. The number of hydrogen-bond donors (Lipinski definition) is 0. The molecule has 1 heterocycles. The van der Waals surface area contributed by atoms with Crippen molar-refractivity contribution in [3.63, 3.8) is 0 Å². The van der Waals surface area contributed by atoms with Crippen LogP contribution in [-0.2, 0) is 0 Å². The van der Waals surface area contributed by atoms with Gasteiger partial charge in [-0.15, -0.1) is 0 Å². The van der Waals surface area contributed by atoms with Crippen LogP contribution in [0.25, 0.3) is 76.9 Å². The SMILES string of the molecule is [2H]c1c([2H])c([2H])c(-c2c3c([2H])c([2H])c([2H])c([2H])c3c(-c3c([2H])c([2H])c([2H])c(-c4cccc5oc6ccccc6c45)c3[2H])c3c([2H])c([2H])c([2H])c([2H])c23)c([2H])c1[2H]. The van der Waals surface area contributed by atoms with E-state index in [-0.39, 0.29) is 11.1 Å². The minimum absolute atomic E-state index is 0.171. The molecule has 0 saturated carbocycles. The fourth-order valence-corrected chi connectivity index (χ4v) is 5.09. The summed E-state index contributed by atoms with van der Waals surface area (Å²) in [4.78, 5) is 0. The zero-order chi connectivity index (χ0) is 40.6. The van der Waals surface area contributed by atoms with E-state index >= 15 is 0 Å². The zero-order valence-corrected chi connectivity index (χ0v) is 19.9. The molecule has 0 radical (unpaired) electrons. The minimum Gasteiger partial charge on any atom is -0.456 e. The van der Waals surface area contributed by atoms with E-state index < -0.39 is 147 Å². The molecule has 0 aliphatic heterocycles. The second-order valence-corrected chi connectivity index (χ2v) is 8.78. The zero-order valence-electron chi connectivity index (χ0n) is 36.9. The number of benzene rings is 7. The van der Waals surface area contributed by atoms with Crippen LogP contribution in [0.3, 0.4) is 0 Å². The first-order chi connectivity index (χ1) is 26.4. The molecule has 0 N–H and O–H groups in total. The molecule has 182 valence electrons. The van der Waals surface area contributed by atoms with Crippen molar-refractivity contribution in [3.8, 4) is 33.4 Å². The molecule has 8 aromatic rings. The Hall–Kier alpha value is -5.14. The maximum Gasteiger partial charge on any atom is 0.136 e. The summed E-state index contributed by atoms with van der Waals surface area (Å²) in [6.07, 6.45) is 0. The van der Waals surface area contributed by atoms with Crippen LogP contribution in [0.5, 0.6) is 0 Å². The molecule has 39 heavy (non-hydrogen) atoms. The molecule has 0 unspecified atom stereocenters. The van der Waals surface area contributed by atoms with Crippen molar-refractivity contribution in [1.82, 2.24) is 0 Å². The van der Waals surface area contributed by atoms with Crippen LogP contribution in [0.15, 0.2) is 150 Å². The number of para-hydroxylation sites is 1. The Morgan fingerprint density at radius 3 is 1.72 bits per heavy atom. The van der Waals surface area contributed by atoms with Gasteiger partial charge >= 0.3 is 0 Å². The summed E-state index contributed by atoms with van der Waals surface area (Å²) >= 11 is 0. The number of furan rings is 1. The summed E-state index contributed by atoms with van der Waals surface area (Å²) < 4.78 is 157. The minimum atomic E-state index is -0.818. The third-order valence-corrected chi connectivity index (χ3v) is 6.67. The first kappa shape index (κ1) is 10.9. The number of hydrogen-bond acceptors (Lipinski definition) is 1. The van der Waals surface area contributed by atoms with Gasteiger partial charge in [0.25, 0.3) is 0 Å². The van der Waals surface area contributed by atoms with Gasteiger partial charge in [0.2, 0.25) is 0 Å². The highest BCUT2D eigenvalue weighted by Crippen LogP contribution is 2.44. The summed E-state index contributed by atoms with van der Waals surface area (Å²) in [5.74, 6) is 0. The van der Waals surface area contributed by atoms with Gasteiger partial charge in [-0.25, -0.2) is 0 Å². The molecular formula is C38H24O. The van der Waals surface area contributed by atoms with E-state index in [1.54, 1.807) is 42.5 Å². The van der Waals surface area contributed by atoms with Gasteiger partial charge in [-0.2, -0.15) is 0 Å². The molecular weight excluding hydrogens is 472 g/mol. The molecule has 1 nitrogen and oxygen atoms in total. The second kappa shape index (κ2) is 8.72. The fraction of sp³-hybridized carbons (Fsp3) is 0. The van der Waals surface area contributed by atoms with Crippen molar-refractivity contribution in [2.24, 2.45) is 0 Å². The predicted molar refractivity (Wildman–Crippen MR) is 165 cm³/mol. The van der Waals surface area contributed by atoms with E-state index in [0.717, 1.165) is 0 Å². The van der Waals surface area contributed by atoms with E-state index in [4.69, 9.17) is 22.2 Å². The molecule has 1 aromatic heterocycles. The van der Waals surface area contributed by atoms with Gasteiger partial charge in [-0.05, 0) is 73.1 Å². The van der Waals surface area contributed by atoms with Gasteiger partial charge in [-0.3, -0.25) is 0 Å². The quantitative estimate of drug-likeness (QED) is 0.214. The molecule has 1 heteroatoms. The fourth-order valence-electron chi connectivity index (χ4n) is 5.09. The molecule has 0 atom stereocenters. The van der Waals surface area contributed by atoms with Crippen molar-refractivity contribution in [1.29, 1.82) is 0 Å². The monoisotopic (exact) mass is 513 g/mol. The Morgan fingerprint density at radius 2 is 1.00 bits per heavy atom. The van der Waals surface area contributed by atoms with Gasteiger partial charge in [-0.1, -0.05) is 127 Å². The summed E-state index contributed by atoms with van der Waals surface area (Å²) in [5.41, 5.74) is -1.11. The third kappa shape index (κ3) is 3.41. The maximum absolute atomic E-state index is 9.72. The molecule has 0 aliphatic rings. The Labute approximate surface area is 250 Å². The lowest BCUT2D eigenvalue weighted by atomic mass is 9.85. The maximum atomic E-state index is 9.72. The Balaban J connectivity index is 1.71. The van der Waals surface area contributed by atoms with Crippen molar-refractivity contribution in [3.05, 3.63) is 145 Å². The second-order valence-electron chi connectivity index (χ2n) is 8.78. The van der Waals surface area contributed by atoms with Crippen LogP contribution in [-0.4, -0.2) is 0 Å². The molecule has 0 spiro atoms. The Morgan fingerprint density at radius 1 is 0.436 bits per heavy atom. The lowest BCUT2D eigenvalue weighted by Crippen LogP contribution is -1.91. The number of fused-ring (bicyclic) bond motifs is 5. The summed E-state index contributed by atoms with van der Waals surface area (Å²) in [7, 11) is 0. The highest BCUT2D eigenvalue weighted by Gasteiger charge is 2.17. The highest BCUT2D eigenvalue weighted by atomic mass is 16.3. The van der Waals surface area contributed by atoms with Gasteiger partial charge in [0.1, 0.15) is 11.2 Å². The van der Waals surface area contributed by atoms with Gasteiger partial charge in [0, 0.05) is 10.8 Å². The molecule has 0 fully saturated rings. The van der Waals surface area contributed by atoms with Crippen molar-refractivity contribution < 1.29 is 27.7 Å². The molecule has 0 saturated heterocycles. The topological polar surface area (TPSA) is 13.1 Å². The van der Waals surface area contributed by atoms with Crippen LogP contribution in [0.1, 0.15) is 23.3 Å². The van der Waals surface area contributed by atoms with Crippen molar-refractivity contribution >= 4 is 43.5 Å². The Bertz CT molecular complexity index is 3000. The first-order valence-corrected chi connectivity index (χ1v) is 12.0. The van der Waals surface area contributed by atoms with Crippen LogP contribution >= 0.6 is 0 Å².